The minimum Gasteiger partial charge on any atom is -0.379 e. The second kappa shape index (κ2) is 11.8. The van der Waals surface area contributed by atoms with Crippen LogP contribution in [0.25, 0.3) is 0 Å². The maximum Gasteiger partial charge on any atom is 0.251 e. The number of hydrogen-bond acceptors (Lipinski definition) is 5. The average molecular weight is 435 g/mol. The van der Waals surface area contributed by atoms with Gasteiger partial charge < -0.3 is 20.3 Å². The first-order chi connectivity index (χ1) is 15.0. The Labute approximate surface area is 182 Å². The molecule has 0 aliphatic carbocycles. The summed E-state index contributed by atoms with van der Waals surface area (Å²) in [5.41, 5.74) is 0.371. The van der Waals surface area contributed by atoms with E-state index in [0.717, 1.165) is 45.8 Å². The van der Waals surface area contributed by atoms with Crippen molar-refractivity contribution < 1.29 is 23.5 Å². The van der Waals surface area contributed by atoms with Gasteiger partial charge in [0.25, 0.3) is 5.91 Å². The van der Waals surface area contributed by atoms with Crippen LogP contribution in [0.5, 0.6) is 0 Å². The molecule has 0 saturated carbocycles. The fraction of sp³-hybridized carbons (Fsp3) is 0.591. The third-order valence-electron chi connectivity index (χ3n) is 5.63. The van der Waals surface area contributed by atoms with E-state index in [9.17, 15) is 18.8 Å². The van der Waals surface area contributed by atoms with Gasteiger partial charge in [0.05, 0.1) is 13.2 Å². The largest absolute Gasteiger partial charge is 0.379 e. The molecule has 170 valence electrons. The van der Waals surface area contributed by atoms with E-state index in [1.807, 2.05) is 4.90 Å². The highest BCUT2D eigenvalue weighted by atomic mass is 19.1. The summed E-state index contributed by atoms with van der Waals surface area (Å²) < 4.78 is 18.3. The lowest BCUT2D eigenvalue weighted by Crippen LogP contribution is -2.54. The molecule has 0 aromatic heterocycles. The van der Waals surface area contributed by atoms with E-state index in [2.05, 4.69) is 15.5 Å². The molecule has 2 fully saturated rings. The van der Waals surface area contributed by atoms with Crippen LogP contribution in [0.1, 0.15) is 36.0 Å². The Morgan fingerprint density at radius 1 is 1.10 bits per heavy atom. The summed E-state index contributed by atoms with van der Waals surface area (Å²) in [5.74, 6) is -0.911. The first kappa shape index (κ1) is 23.1. The van der Waals surface area contributed by atoms with Crippen molar-refractivity contribution >= 4 is 17.7 Å². The van der Waals surface area contributed by atoms with Crippen LogP contribution < -0.4 is 10.6 Å². The number of piperidine rings is 1. The topological polar surface area (TPSA) is 91.0 Å². The number of likely N-dealkylation sites (tertiary alicyclic amines) is 1. The minimum absolute atomic E-state index is 0.0162. The summed E-state index contributed by atoms with van der Waals surface area (Å²) >= 11 is 0. The van der Waals surface area contributed by atoms with Crippen LogP contribution in [0.3, 0.4) is 0 Å². The van der Waals surface area contributed by atoms with Crippen molar-refractivity contribution in [1.82, 2.24) is 20.4 Å². The molecule has 2 saturated heterocycles. The molecule has 0 unspecified atom stereocenters. The molecule has 9 heteroatoms. The van der Waals surface area contributed by atoms with Crippen LogP contribution >= 0.6 is 0 Å². The van der Waals surface area contributed by atoms with Gasteiger partial charge in [0, 0.05) is 51.3 Å². The quantitative estimate of drug-likeness (QED) is 0.561. The molecule has 8 nitrogen and oxygen atoms in total. The molecule has 2 N–H and O–H groups in total. The molecule has 0 bridgehead atoms. The second-order valence-electron chi connectivity index (χ2n) is 7.91. The van der Waals surface area contributed by atoms with Crippen LogP contribution in [-0.4, -0.2) is 86.0 Å². The summed E-state index contributed by atoms with van der Waals surface area (Å²) in [6.45, 7) is 5.79. The van der Waals surface area contributed by atoms with Gasteiger partial charge in [-0.15, -0.1) is 0 Å². The Kier molecular flexibility index (Phi) is 8.78. The lowest BCUT2D eigenvalue weighted by atomic mass is 10.0. The number of hydrogen-bond donors (Lipinski definition) is 2. The van der Waals surface area contributed by atoms with Crippen LogP contribution in [0.15, 0.2) is 24.3 Å². The molecule has 2 heterocycles. The number of morpholine rings is 1. The monoisotopic (exact) mass is 434 g/mol. The van der Waals surface area contributed by atoms with Crippen molar-refractivity contribution in [3.8, 4) is 0 Å². The molecule has 3 rings (SSSR count). The third-order valence-corrected chi connectivity index (χ3v) is 5.63. The Morgan fingerprint density at radius 2 is 1.84 bits per heavy atom. The molecule has 0 radical (unpaired) electrons. The third kappa shape index (κ3) is 7.29. The van der Waals surface area contributed by atoms with Crippen molar-refractivity contribution in [3.05, 3.63) is 35.6 Å². The minimum atomic E-state index is -0.472. The van der Waals surface area contributed by atoms with Gasteiger partial charge in [0.15, 0.2) is 0 Å². The SMILES string of the molecule is O=C(CCCNC(=O)c1ccc(F)cc1)N[C@@H]1CCCN(CCN2CCOCC2)C1=O. The molecule has 3 amide bonds. The summed E-state index contributed by atoms with van der Waals surface area (Å²) in [6.07, 6.45) is 2.20. The van der Waals surface area contributed by atoms with Crippen molar-refractivity contribution in [2.45, 2.75) is 31.7 Å². The summed E-state index contributed by atoms with van der Waals surface area (Å²) in [4.78, 5) is 41.1. The predicted octanol–water partition coefficient (Wildman–Crippen LogP) is 0.775. The molecule has 31 heavy (non-hydrogen) atoms. The van der Waals surface area contributed by atoms with E-state index < -0.39 is 11.9 Å². The summed E-state index contributed by atoms with van der Waals surface area (Å²) in [7, 11) is 0. The second-order valence-corrected chi connectivity index (χ2v) is 7.91. The van der Waals surface area contributed by atoms with E-state index in [1.165, 1.54) is 24.3 Å². The van der Waals surface area contributed by atoms with E-state index >= 15 is 0 Å². The number of carbonyl (C=O) groups excluding carboxylic acids is 3. The Bertz CT molecular complexity index is 752. The van der Waals surface area contributed by atoms with Gasteiger partial charge in [0.1, 0.15) is 11.9 Å². The Morgan fingerprint density at radius 3 is 2.58 bits per heavy atom. The Balaban J connectivity index is 1.33. The average Bonchev–Trinajstić information content (AvgIpc) is 2.78. The van der Waals surface area contributed by atoms with Gasteiger partial charge >= 0.3 is 0 Å². The van der Waals surface area contributed by atoms with E-state index in [1.54, 1.807) is 0 Å². The van der Waals surface area contributed by atoms with Crippen molar-refractivity contribution in [1.29, 1.82) is 0 Å². The molecular weight excluding hydrogens is 403 g/mol. The first-order valence-corrected chi connectivity index (χ1v) is 10.9. The molecule has 2 aliphatic heterocycles. The number of benzene rings is 1. The van der Waals surface area contributed by atoms with Crippen LogP contribution in [0.4, 0.5) is 4.39 Å². The molecule has 1 aromatic carbocycles. The molecule has 1 aromatic rings. The van der Waals surface area contributed by atoms with Gasteiger partial charge in [0.2, 0.25) is 11.8 Å². The number of nitrogens with zero attached hydrogens (tertiary/aromatic N) is 2. The van der Waals surface area contributed by atoms with E-state index in [0.29, 0.717) is 31.5 Å². The summed E-state index contributed by atoms with van der Waals surface area (Å²) in [5, 5.41) is 5.56. The van der Waals surface area contributed by atoms with Crippen LogP contribution in [0.2, 0.25) is 0 Å². The highest BCUT2D eigenvalue weighted by Gasteiger charge is 2.29. The lowest BCUT2D eigenvalue weighted by Gasteiger charge is -2.35. The van der Waals surface area contributed by atoms with Crippen LogP contribution in [0, 0.1) is 5.82 Å². The maximum atomic E-state index is 12.9. The fourth-order valence-corrected chi connectivity index (χ4v) is 3.80. The zero-order valence-corrected chi connectivity index (χ0v) is 17.8. The molecular formula is C22H31FN4O4. The standard InChI is InChI=1S/C22H31FN4O4/c23-18-7-5-17(6-8-18)21(29)24-9-1-4-20(28)25-19-3-2-10-27(22(19)30)12-11-26-13-15-31-16-14-26/h5-8,19H,1-4,9-16H2,(H,24,29)(H,25,28)/t19-/m1/s1. The van der Waals surface area contributed by atoms with Gasteiger partial charge in [-0.1, -0.05) is 0 Å². The first-order valence-electron chi connectivity index (χ1n) is 10.9. The van der Waals surface area contributed by atoms with Gasteiger partial charge in [-0.3, -0.25) is 19.3 Å². The smallest absolute Gasteiger partial charge is 0.251 e. The van der Waals surface area contributed by atoms with Crippen LogP contribution in [-0.2, 0) is 14.3 Å². The number of rotatable bonds is 9. The maximum absolute atomic E-state index is 12.9. The number of nitrogens with one attached hydrogen (secondary N) is 2. The Hall–Kier alpha value is -2.52. The van der Waals surface area contributed by atoms with Crippen molar-refractivity contribution in [3.63, 3.8) is 0 Å². The normalized spacial score (nSPS) is 19.8. The van der Waals surface area contributed by atoms with E-state index in [-0.39, 0.29) is 24.1 Å². The van der Waals surface area contributed by atoms with Gasteiger partial charge in [-0.05, 0) is 43.5 Å². The van der Waals surface area contributed by atoms with Crippen molar-refractivity contribution in [2.75, 3.05) is 52.5 Å². The fourth-order valence-electron chi connectivity index (χ4n) is 3.80. The molecule has 1 atom stereocenters. The summed E-state index contributed by atoms with van der Waals surface area (Å²) in [6, 6.07) is 4.81. The predicted molar refractivity (Wildman–Crippen MR) is 113 cm³/mol. The number of amides is 3. The number of ether oxygens (including phenoxy) is 1. The zero-order valence-electron chi connectivity index (χ0n) is 17.8. The highest BCUT2D eigenvalue weighted by molar-refractivity contribution is 5.94. The van der Waals surface area contributed by atoms with Crippen molar-refractivity contribution in [2.24, 2.45) is 0 Å². The highest BCUT2D eigenvalue weighted by Crippen LogP contribution is 2.12. The number of carbonyl (C=O) groups is 3. The molecule has 2 aliphatic rings. The van der Waals surface area contributed by atoms with E-state index in [4.69, 9.17) is 4.74 Å². The number of halogens is 1. The lowest BCUT2D eigenvalue weighted by molar-refractivity contribution is -0.139. The zero-order chi connectivity index (χ0) is 22.1. The van der Waals surface area contributed by atoms with Gasteiger partial charge in [-0.2, -0.15) is 0 Å². The molecule has 0 spiro atoms. The van der Waals surface area contributed by atoms with Gasteiger partial charge in [-0.25, -0.2) is 4.39 Å².